The monoisotopic (exact) mass is 410 g/mol. The third-order valence-corrected chi connectivity index (χ3v) is 5.02. The van der Waals surface area contributed by atoms with E-state index in [2.05, 4.69) is 20.9 Å². The Labute approximate surface area is 175 Å². The number of anilines is 1. The normalized spacial score (nSPS) is 11.9. The van der Waals surface area contributed by atoms with Gasteiger partial charge in [-0.1, -0.05) is 24.3 Å². The van der Waals surface area contributed by atoms with E-state index in [-0.39, 0.29) is 0 Å². The van der Waals surface area contributed by atoms with Crippen LogP contribution in [-0.4, -0.2) is 21.9 Å². The van der Waals surface area contributed by atoms with Crippen LogP contribution in [0.25, 0.3) is 22.4 Å². The van der Waals surface area contributed by atoms with Gasteiger partial charge in [-0.3, -0.25) is 0 Å². The molecule has 3 rings (SSSR count). The molecule has 2 heterocycles. The van der Waals surface area contributed by atoms with Crippen molar-refractivity contribution in [3.8, 4) is 22.4 Å². The number of ether oxygens (including phenoxy) is 1. The smallest absolute Gasteiger partial charge is 0.408 e. The van der Waals surface area contributed by atoms with E-state index in [1.54, 1.807) is 11.3 Å². The zero-order valence-corrected chi connectivity index (χ0v) is 18.1. The molecule has 2 aromatic heterocycles. The van der Waals surface area contributed by atoms with Gasteiger partial charge in [0.1, 0.15) is 17.1 Å². The summed E-state index contributed by atoms with van der Waals surface area (Å²) in [4.78, 5) is 12.2. The van der Waals surface area contributed by atoms with Gasteiger partial charge < -0.3 is 15.8 Å². The SMILES string of the molecule is CC(C)(C)OC(=O)NC(C)(C)c1ccc(-c2nnc(N)cc2-c2ccsc2)cc1. The third kappa shape index (κ3) is 5.12. The molecule has 152 valence electrons. The van der Waals surface area contributed by atoms with E-state index in [4.69, 9.17) is 10.5 Å². The molecule has 0 saturated heterocycles. The average molecular weight is 411 g/mol. The molecular formula is C22H26N4O2S. The number of nitrogens with zero attached hydrogens (tertiary/aromatic N) is 2. The number of carbonyl (C=O) groups excluding carboxylic acids is 1. The molecule has 0 unspecified atom stereocenters. The van der Waals surface area contributed by atoms with Gasteiger partial charge in [-0.2, -0.15) is 11.3 Å². The zero-order chi connectivity index (χ0) is 21.2. The predicted octanol–water partition coefficient (Wildman–Crippen LogP) is 5.21. The van der Waals surface area contributed by atoms with Gasteiger partial charge in [0.25, 0.3) is 0 Å². The molecule has 0 aliphatic heterocycles. The van der Waals surface area contributed by atoms with Crippen molar-refractivity contribution in [3.05, 3.63) is 52.7 Å². The van der Waals surface area contributed by atoms with Crippen molar-refractivity contribution in [2.24, 2.45) is 0 Å². The quantitative estimate of drug-likeness (QED) is 0.616. The maximum Gasteiger partial charge on any atom is 0.408 e. The Bertz CT molecular complexity index is 991. The van der Waals surface area contributed by atoms with Crippen LogP contribution < -0.4 is 11.1 Å². The number of nitrogens with one attached hydrogen (secondary N) is 1. The van der Waals surface area contributed by atoms with Gasteiger partial charge >= 0.3 is 6.09 Å². The van der Waals surface area contributed by atoms with Crippen molar-refractivity contribution < 1.29 is 9.53 Å². The number of benzene rings is 1. The molecule has 6 nitrogen and oxygen atoms in total. The molecule has 0 spiro atoms. The van der Waals surface area contributed by atoms with E-state index in [0.717, 1.165) is 27.9 Å². The molecule has 0 aliphatic carbocycles. The number of carbonyl (C=O) groups is 1. The summed E-state index contributed by atoms with van der Waals surface area (Å²) in [5, 5.41) is 15.4. The van der Waals surface area contributed by atoms with Crippen molar-refractivity contribution in [2.45, 2.75) is 45.8 Å². The van der Waals surface area contributed by atoms with E-state index < -0.39 is 17.2 Å². The van der Waals surface area contributed by atoms with Crippen molar-refractivity contribution in [1.82, 2.24) is 15.5 Å². The zero-order valence-electron chi connectivity index (χ0n) is 17.3. The fourth-order valence-electron chi connectivity index (χ4n) is 2.93. The second kappa shape index (κ2) is 7.83. The van der Waals surface area contributed by atoms with Crippen molar-refractivity contribution in [2.75, 3.05) is 5.73 Å². The Kier molecular flexibility index (Phi) is 5.61. The van der Waals surface area contributed by atoms with Crippen LogP contribution >= 0.6 is 11.3 Å². The van der Waals surface area contributed by atoms with Crippen LogP contribution in [0.15, 0.2) is 47.2 Å². The van der Waals surface area contributed by atoms with Gasteiger partial charge in [0.2, 0.25) is 0 Å². The first kappa shape index (κ1) is 20.8. The first-order valence-electron chi connectivity index (χ1n) is 9.33. The Hall–Kier alpha value is -2.93. The van der Waals surface area contributed by atoms with Gasteiger partial charge in [-0.05, 0) is 68.6 Å². The second-order valence-electron chi connectivity index (χ2n) is 8.37. The topological polar surface area (TPSA) is 90.1 Å². The standard InChI is InChI=1S/C22H26N4O2S/c1-21(2,3)28-20(27)24-22(4,5)16-8-6-14(7-9-16)19-17(12-18(23)25-26-19)15-10-11-29-13-15/h6-13H,1-5H3,(H2,23,25)(H,24,27). The number of thiophene rings is 1. The minimum absolute atomic E-state index is 0.384. The third-order valence-electron chi connectivity index (χ3n) is 4.34. The highest BCUT2D eigenvalue weighted by Crippen LogP contribution is 2.33. The lowest BCUT2D eigenvalue weighted by atomic mass is 9.92. The Morgan fingerprint density at radius 2 is 1.72 bits per heavy atom. The molecule has 0 fully saturated rings. The number of amides is 1. The molecule has 0 saturated carbocycles. The molecule has 1 amide bonds. The van der Waals surface area contributed by atoms with Crippen molar-refractivity contribution >= 4 is 23.2 Å². The fraction of sp³-hybridized carbons (Fsp3) is 0.318. The van der Waals surface area contributed by atoms with Crippen LogP contribution in [0.4, 0.5) is 10.6 Å². The highest BCUT2D eigenvalue weighted by atomic mass is 32.1. The van der Waals surface area contributed by atoms with Gasteiger partial charge in [0.15, 0.2) is 0 Å². The maximum atomic E-state index is 12.2. The molecule has 0 bridgehead atoms. The largest absolute Gasteiger partial charge is 0.444 e. The lowest BCUT2D eigenvalue weighted by molar-refractivity contribution is 0.0470. The lowest BCUT2D eigenvalue weighted by Gasteiger charge is -2.29. The van der Waals surface area contributed by atoms with Crippen LogP contribution in [-0.2, 0) is 10.3 Å². The summed E-state index contributed by atoms with van der Waals surface area (Å²) in [7, 11) is 0. The minimum Gasteiger partial charge on any atom is -0.444 e. The Morgan fingerprint density at radius 1 is 1.03 bits per heavy atom. The minimum atomic E-state index is -0.593. The summed E-state index contributed by atoms with van der Waals surface area (Å²) in [5.41, 5.74) is 9.37. The summed E-state index contributed by atoms with van der Waals surface area (Å²) in [5.74, 6) is 0.384. The molecule has 0 radical (unpaired) electrons. The lowest BCUT2D eigenvalue weighted by Crippen LogP contribution is -2.43. The molecular weight excluding hydrogens is 384 g/mol. The van der Waals surface area contributed by atoms with Gasteiger partial charge in [0, 0.05) is 11.1 Å². The number of aromatic nitrogens is 2. The number of hydrogen-bond acceptors (Lipinski definition) is 6. The van der Waals surface area contributed by atoms with E-state index >= 15 is 0 Å². The van der Waals surface area contributed by atoms with E-state index in [0.29, 0.717) is 5.82 Å². The van der Waals surface area contributed by atoms with Crippen molar-refractivity contribution in [1.29, 1.82) is 0 Å². The molecule has 1 aromatic carbocycles. The van der Waals surface area contributed by atoms with Crippen LogP contribution in [0.2, 0.25) is 0 Å². The van der Waals surface area contributed by atoms with E-state index in [1.165, 1.54) is 0 Å². The van der Waals surface area contributed by atoms with E-state index in [9.17, 15) is 4.79 Å². The summed E-state index contributed by atoms with van der Waals surface area (Å²) >= 11 is 1.62. The molecule has 3 N–H and O–H groups in total. The van der Waals surface area contributed by atoms with Crippen LogP contribution in [0.1, 0.15) is 40.2 Å². The molecule has 3 aromatic rings. The van der Waals surface area contributed by atoms with Gasteiger partial charge in [-0.25, -0.2) is 4.79 Å². The summed E-state index contributed by atoms with van der Waals surface area (Å²) < 4.78 is 5.38. The van der Waals surface area contributed by atoms with Crippen LogP contribution in [0.3, 0.4) is 0 Å². The highest BCUT2D eigenvalue weighted by molar-refractivity contribution is 7.08. The number of rotatable bonds is 4. The van der Waals surface area contributed by atoms with Crippen molar-refractivity contribution in [3.63, 3.8) is 0 Å². The van der Waals surface area contributed by atoms with Crippen LogP contribution in [0.5, 0.6) is 0 Å². The van der Waals surface area contributed by atoms with E-state index in [1.807, 2.05) is 76.4 Å². The first-order chi connectivity index (χ1) is 13.5. The molecule has 29 heavy (non-hydrogen) atoms. The Morgan fingerprint density at radius 3 is 2.31 bits per heavy atom. The number of nitrogen functional groups attached to an aromatic ring is 1. The average Bonchev–Trinajstić information content (AvgIpc) is 3.14. The number of hydrogen-bond donors (Lipinski definition) is 2. The molecule has 0 aliphatic rings. The summed E-state index contributed by atoms with van der Waals surface area (Å²) in [6.45, 7) is 9.39. The van der Waals surface area contributed by atoms with Gasteiger partial charge in [-0.15, -0.1) is 10.2 Å². The summed E-state index contributed by atoms with van der Waals surface area (Å²) in [6, 6.07) is 11.8. The predicted molar refractivity (Wildman–Crippen MR) is 118 cm³/mol. The number of nitrogens with two attached hydrogens (primary N) is 1. The maximum absolute atomic E-state index is 12.2. The first-order valence-corrected chi connectivity index (χ1v) is 10.3. The fourth-order valence-corrected chi connectivity index (χ4v) is 3.59. The molecule has 7 heteroatoms. The number of alkyl carbamates (subject to hydrolysis) is 1. The summed E-state index contributed by atoms with van der Waals surface area (Å²) in [6.07, 6.45) is -0.448. The Balaban J connectivity index is 1.87. The molecule has 0 atom stereocenters. The highest BCUT2D eigenvalue weighted by Gasteiger charge is 2.26. The van der Waals surface area contributed by atoms with Gasteiger partial charge in [0.05, 0.1) is 5.54 Å². The second-order valence-corrected chi connectivity index (χ2v) is 9.15. The van der Waals surface area contributed by atoms with Crippen LogP contribution in [0, 0.1) is 0 Å².